The average Bonchev–Trinajstić information content (AvgIpc) is 2.47. The van der Waals surface area contributed by atoms with Crippen LogP contribution in [0.4, 0.5) is 0 Å². The average molecular weight is 261 g/mol. The number of nitrogens with zero attached hydrogens (tertiary/aromatic N) is 1. The first kappa shape index (κ1) is 14.5. The van der Waals surface area contributed by atoms with Crippen LogP contribution in [0.25, 0.3) is 0 Å². The zero-order chi connectivity index (χ0) is 14.4. The summed E-state index contributed by atoms with van der Waals surface area (Å²) in [4.78, 5) is 4.65. The van der Waals surface area contributed by atoms with Gasteiger partial charge in [-0.05, 0) is 46.6 Å². The Morgan fingerprint density at radius 1 is 1.05 bits per heavy atom. The van der Waals surface area contributed by atoms with E-state index in [2.05, 4.69) is 52.6 Å². The summed E-state index contributed by atoms with van der Waals surface area (Å²) < 4.78 is 12.2. The van der Waals surface area contributed by atoms with Crippen molar-refractivity contribution in [2.75, 3.05) is 0 Å². The van der Waals surface area contributed by atoms with E-state index in [0.717, 1.165) is 16.9 Å². The third kappa shape index (κ3) is 2.56. The molecule has 0 atom stereocenters. The molecule has 19 heavy (non-hydrogen) atoms. The summed E-state index contributed by atoms with van der Waals surface area (Å²) in [6.45, 7) is 14.6. The molecule has 1 saturated heterocycles. The summed E-state index contributed by atoms with van der Waals surface area (Å²) in [6.07, 6.45) is 0. The first-order valence-electron chi connectivity index (χ1n) is 6.97. The fraction of sp³-hybridized carbons (Fsp3) is 0.667. The van der Waals surface area contributed by atoms with Crippen molar-refractivity contribution in [3.8, 4) is 0 Å². The molecular weight excluding hydrogens is 237 g/mol. The van der Waals surface area contributed by atoms with Gasteiger partial charge in [-0.2, -0.15) is 0 Å². The van der Waals surface area contributed by atoms with Crippen molar-refractivity contribution < 1.29 is 9.31 Å². The van der Waals surface area contributed by atoms with Crippen LogP contribution in [0.2, 0.25) is 0 Å². The van der Waals surface area contributed by atoms with Gasteiger partial charge in [0.2, 0.25) is 0 Å². The number of aromatic nitrogens is 1. The van der Waals surface area contributed by atoms with Gasteiger partial charge in [-0.15, -0.1) is 0 Å². The molecule has 1 fully saturated rings. The molecular formula is C15H24BNO2. The highest BCUT2D eigenvalue weighted by Crippen LogP contribution is 2.36. The van der Waals surface area contributed by atoms with Crippen molar-refractivity contribution in [3.63, 3.8) is 0 Å². The Labute approximate surface area is 116 Å². The van der Waals surface area contributed by atoms with E-state index in [4.69, 9.17) is 9.31 Å². The van der Waals surface area contributed by atoms with Gasteiger partial charge in [0, 0.05) is 16.9 Å². The quantitative estimate of drug-likeness (QED) is 0.767. The minimum absolute atomic E-state index is 0.309. The number of pyridine rings is 1. The lowest BCUT2D eigenvalue weighted by atomic mass is 9.75. The Bertz CT molecular complexity index is 467. The minimum atomic E-state index is -0.324. The van der Waals surface area contributed by atoms with Crippen LogP contribution in [0.5, 0.6) is 0 Å². The van der Waals surface area contributed by atoms with Gasteiger partial charge in [-0.1, -0.05) is 19.9 Å². The summed E-state index contributed by atoms with van der Waals surface area (Å²) in [5.41, 5.74) is 2.54. The number of hydrogen-bond acceptors (Lipinski definition) is 3. The second-order valence-electron chi connectivity index (χ2n) is 6.67. The smallest absolute Gasteiger partial charge is 0.399 e. The Balaban J connectivity index is 2.39. The molecule has 1 aromatic heterocycles. The van der Waals surface area contributed by atoms with E-state index in [0.29, 0.717) is 5.92 Å². The van der Waals surface area contributed by atoms with Crippen molar-refractivity contribution in [1.82, 2.24) is 4.98 Å². The van der Waals surface area contributed by atoms with Crippen LogP contribution in [0, 0.1) is 6.92 Å². The van der Waals surface area contributed by atoms with Gasteiger partial charge in [-0.25, -0.2) is 0 Å². The molecule has 4 heteroatoms. The molecule has 0 spiro atoms. The molecule has 3 nitrogen and oxygen atoms in total. The van der Waals surface area contributed by atoms with Crippen LogP contribution in [-0.4, -0.2) is 23.3 Å². The van der Waals surface area contributed by atoms with E-state index in [1.807, 2.05) is 13.0 Å². The fourth-order valence-electron chi connectivity index (χ4n) is 2.22. The number of rotatable bonds is 2. The normalized spacial score (nSPS) is 21.2. The Kier molecular flexibility index (Phi) is 3.52. The number of aryl methyl sites for hydroxylation is 1. The maximum atomic E-state index is 6.12. The van der Waals surface area contributed by atoms with Crippen molar-refractivity contribution in [3.05, 3.63) is 23.5 Å². The minimum Gasteiger partial charge on any atom is -0.399 e. The van der Waals surface area contributed by atoms with Crippen molar-refractivity contribution in [2.24, 2.45) is 0 Å². The third-order valence-corrected chi connectivity index (χ3v) is 4.15. The summed E-state index contributed by atoms with van der Waals surface area (Å²) in [6, 6.07) is 4.10. The lowest BCUT2D eigenvalue weighted by Gasteiger charge is -2.32. The fourth-order valence-corrected chi connectivity index (χ4v) is 2.22. The van der Waals surface area contributed by atoms with Gasteiger partial charge >= 0.3 is 7.12 Å². The highest BCUT2D eigenvalue weighted by molar-refractivity contribution is 6.62. The second kappa shape index (κ2) is 4.60. The summed E-state index contributed by atoms with van der Waals surface area (Å²) >= 11 is 0. The third-order valence-electron chi connectivity index (χ3n) is 4.15. The molecule has 2 rings (SSSR count). The molecule has 0 saturated carbocycles. The lowest BCUT2D eigenvalue weighted by Crippen LogP contribution is -2.41. The Hall–Kier alpha value is -0.865. The van der Waals surface area contributed by atoms with Gasteiger partial charge < -0.3 is 9.31 Å². The van der Waals surface area contributed by atoms with E-state index in [1.54, 1.807) is 0 Å². The van der Waals surface area contributed by atoms with E-state index in [1.165, 1.54) is 0 Å². The predicted octanol–water partition coefficient (Wildman–Crippen LogP) is 2.81. The zero-order valence-corrected chi connectivity index (χ0v) is 13.1. The van der Waals surface area contributed by atoms with Crippen LogP contribution in [0.1, 0.15) is 58.8 Å². The van der Waals surface area contributed by atoms with Crippen LogP contribution in [0.3, 0.4) is 0 Å². The van der Waals surface area contributed by atoms with Crippen molar-refractivity contribution in [2.45, 2.75) is 65.6 Å². The summed E-state index contributed by atoms with van der Waals surface area (Å²) in [5, 5.41) is 0. The van der Waals surface area contributed by atoms with E-state index < -0.39 is 0 Å². The standard InChI is InChI=1S/C15H24BNO2/c1-10(2)13-12(9-8-11(3)17-13)16-18-14(4,5)15(6,7)19-16/h8-10H,1-7H3. The number of hydrogen-bond donors (Lipinski definition) is 0. The maximum absolute atomic E-state index is 6.12. The van der Waals surface area contributed by atoms with Crippen molar-refractivity contribution in [1.29, 1.82) is 0 Å². The molecule has 104 valence electrons. The van der Waals surface area contributed by atoms with Crippen molar-refractivity contribution >= 4 is 12.6 Å². The van der Waals surface area contributed by atoms with Gasteiger partial charge in [0.25, 0.3) is 0 Å². The largest absolute Gasteiger partial charge is 0.496 e. The first-order valence-corrected chi connectivity index (χ1v) is 6.97. The molecule has 1 aromatic rings. The van der Waals surface area contributed by atoms with Crippen LogP contribution in [0.15, 0.2) is 12.1 Å². The highest BCUT2D eigenvalue weighted by Gasteiger charge is 2.52. The maximum Gasteiger partial charge on any atom is 0.496 e. The van der Waals surface area contributed by atoms with Crippen LogP contribution >= 0.6 is 0 Å². The van der Waals surface area contributed by atoms with Gasteiger partial charge in [0.05, 0.1) is 11.2 Å². The lowest BCUT2D eigenvalue weighted by molar-refractivity contribution is 0.00578. The van der Waals surface area contributed by atoms with Gasteiger partial charge in [-0.3, -0.25) is 4.98 Å². The summed E-state index contributed by atoms with van der Waals surface area (Å²) in [7, 11) is -0.324. The monoisotopic (exact) mass is 261 g/mol. The van der Waals surface area contributed by atoms with E-state index in [9.17, 15) is 0 Å². The molecule has 0 bridgehead atoms. The second-order valence-corrected chi connectivity index (χ2v) is 6.67. The van der Waals surface area contributed by atoms with E-state index >= 15 is 0 Å². The molecule has 0 aromatic carbocycles. The molecule has 1 aliphatic rings. The molecule has 2 heterocycles. The predicted molar refractivity (Wildman–Crippen MR) is 78.8 cm³/mol. The first-order chi connectivity index (χ1) is 8.64. The molecule has 0 N–H and O–H groups in total. The molecule has 0 aliphatic carbocycles. The molecule has 0 amide bonds. The summed E-state index contributed by atoms with van der Waals surface area (Å²) in [5.74, 6) is 0.355. The van der Waals surface area contributed by atoms with E-state index in [-0.39, 0.29) is 18.3 Å². The van der Waals surface area contributed by atoms with Crippen LogP contribution < -0.4 is 5.46 Å². The topological polar surface area (TPSA) is 31.4 Å². The van der Waals surface area contributed by atoms with Gasteiger partial charge in [0.15, 0.2) is 0 Å². The molecule has 0 radical (unpaired) electrons. The van der Waals surface area contributed by atoms with Crippen LogP contribution in [-0.2, 0) is 9.31 Å². The molecule has 0 unspecified atom stereocenters. The van der Waals surface area contributed by atoms with Gasteiger partial charge in [0.1, 0.15) is 0 Å². The zero-order valence-electron chi connectivity index (χ0n) is 13.1. The molecule has 1 aliphatic heterocycles. The Morgan fingerprint density at radius 3 is 2.05 bits per heavy atom. The SMILES string of the molecule is Cc1ccc(B2OC(C)(C)C(C)(C)O2)c(C(C)C)n1. The highest BCUT2D eigenvalue weighted by atomic mass is 16.7. The Morgan fingerprint density at radius 2 is 1.58 bits per heavy atom.